The number of hydrogen-bond acceptors (Lipinski definition) is 1. The van der Waals surface area contributed by atoms with Gasteiger partial charge in [-0.15, -0.1) is 0 Å². The first-order chi connectivity index (χ1) is 7.14. The molecule has 1 amide bonds. The molecular weight excluding hydrogens is 186 g/mol. The molecule has 15 heavy (non-hydrogen) atoms. The molecule has 88 valence electrons. The number of nitrogens with zero attached hydrogens (tertiary/aromatic N) is 1. The highest BCUT2D eigenvalue weighted by atomic mass is 16.2. The van der Waals surface area contributed by atoms with Gasteiger partial charge in [-0.2, -0.15) is 0 Å². The van der Waals surface area contributed by atoms with Crippen molar-refractivity contribution in [2.45, 2.75) is 59.3 Å². The number of hydrogen-bond donors (Lipinski definition) is 0. The van der Waals surface area contributed by atoms with Gasteiger partial charge in [-0.1, -0.05) is 33.6 Å². The van der Waals surface area contributed by atoms with E-state index in [0.29, 0.717) is 5.91 Å². The lowest BCUT2D eigenvalue weighted by Crippen LogP contribution is -2.40. The summed E-state index contributed by atoms with van der Waals surface area (Å²) in [5.74, 6) is 0.399. The van der Waals surface area contributed by atoms with Crippen molar-refractivity contribution in [1.29, 1.82) is 0 Å². The van der Waals surface area contributed by atoms with Crippen molar-refractivity contribution < 1.29 is 4.79 Å². The van der Waals surface area contributed by atoms with Gasteiger partial charge in [0.05, 0.1) is 0 Å². The summed E-state index contributed by atoms with van der Waals surface area (Å²) in [7, 11) is 0. The van der Waals surface area contributed by atoms with Crippen molar-refractivity contribution in [1.82, 2.24) is 4.90 Å². The Hall–Kier alpha value is -0.530. The Labute approximate surface area is 94.0 Å². The molecule has 2 heteroatoms. The summed E-state index contributed by atoms with van der Waals surface area (Å²) in [6.07, 6.45) is 6.77. The molecule has 1 aliphatic heterocycles. The average molecular weight is 211 g/mol. The zero-order valence-electron chi connectivity index (χ0n) is 10.5. The molecule has 2 nitrogen and oxygen atoms in total. The molecule has 1 aliphatic rings. The van der Waals surface area contributed by atoms with Crippen molar-refractivity contribution in [3.8, 4) is 0 Å². The lowest BCUT2D eigenvalue weighted by molar-refractivity contribution is -0.140. The Balaban J connectivity index is 2.58. The van der Waals surface area contributed by atoms with Gasteiger partial charge in [0.2, 0.25) is 5.91 Å². The molecular formula is C13H25NO. The summed E-state index contributed by atoms with van der Waals surface area (Å²) in [6.45, 7) is 8.45. The lowest BCUT2D eigenvalue weighted by Gasteiger charge is -2.31. The Morgan fingerprint density at radius 2 is 1.87 bits per heavy atom. The van der Waals surface area contributed by atoms with E-state index in [2.05, 4.69) is 25.7 Å². The van der Waals surface area contributed by atoms with Crippen LogP contribution in [0.1, 0.15) is 59.3 Å². The molecule has 1 unspecified atom stereocenters. The van der Waals surface area contributed by atoms with Gasteiger partial charge in [-0.3, -0.25) is 4.79 Å². The lowest BCUT2D eigenvalue weighted by atomic mass is 9.81. The minimum absolute atomic E-state index is 0.0969. The van der Waals surface area contributed by atoms with Crippen molar-refractivity contribution in [2.24, 2.45) is 5.41 Å². The molecule has 0 aromatic rings. The summed E-state index contributed by atoms with van der Waals surface area (Å²) >= 11 is 0. The monoisotopic (exact) mass is 211 g/mol. The van der Waals surface area contributed by atoms with Gasteiger partial charge < -0.3 is 4.90 Å². The summed E-state index contributed by atoms with van der Waals surface area (Å²) in [5.41, 5.74) is -0.0969. The second-order valence-corrected chi connectivity index (χ2v) is 5.02. The van der Waals surface area contributed by atoms with E-state index in [1.54, 1.807) is 0 Å². The smallest absolute Gasteiger partial charge is 0.228 e. The largest absolute Gasteiger partial charge is 0.342 e. The molecule has 1 atom stereocenters. The first-order valence-corrected chi connectivity index (χ1v) is 6.43. The molecule has 0 bridgehead atoms. The van der Waals surface area contributed by atoms with E-state index in [9.17, 15) is 4.79 Å². The van der Waals surface area contributed by atoms with Crippen LogP contribution in [0.3, 0.4) is 0 Å². The van der Waals surface area contributed by atoms with Gasteiger partial charge in [0.25, 0.3) is 0 Å². The fraction of sp³-hybridized carbons (Fsp3) is 0.923. The molecule has 0 aromatic carbocycles. The standard InChI is InChI=1S/C13H25NO/c1-4-6-9-13(3,5-2)12(15)14-10-7-8-11-14/h4-11H2,1-3H3. The Morgan fingerprint density at radius 1 is 1.27 bits per heavy atom. The molecule has 0 spiro atoms. The number of unbranched alkanes of at least 4 members (excludes halogenated alkanes) is 1. The molecule has 1 rings (SSSR count). The fourth-order valence-corrected chi connectivity index (χ4v) is 2.30. The normalized spacial score (nSPS) is 20.3. The second-order valence-electron chi connectivity index (χ2n) is 5.02. The van der Waals surface area contributed by atoms with Crippen molar-refractivity contribution in [3.05, 3.63) is 0 Å². The van der Waals surface area contributed by atoms with Crippen LogP contribution in [0.2, 0.25) is 0 Å². The molecule has 1 fully saturated rings. The molecule has 0 N–H and O–H groups in total. The van der Waals surface area contributed by atoms with Crippen LogP contribution in [0.15, 0.2) is 0 Å². The van der Waals surface area contributed by atoms with Crippen molar-refractivity contribution in [3.63, 3.8) is 0 Å². The van der Waals surface area contributed by atoms with Gasteiger partial charge in [-0.25, -0.2) is 0 Å². The first-order valence-electron chi connectivity index (χ1n) is 6.43. The van der Waals surface area contributed by atoms with Crippen molar-refractivity contribution >= 4 is 5.91 Å². The summed E-state index contributed by atoms with van der Waals surface area (Å²) in [4.78, 5) is 14.4. The van der Waals surface area contributed by atoms with Crippen LogP contribution in [-0.4, -0.2) is 23.9 Å². The summed E-state index contributed by atoms with van der Waals surface area (Å²) in [6, 6.07) is 0. The Morgan fingerprint density at radius 3 is 2.33 bits per heavy atom. The van der Waals surface area contributed by atoms with E-state index in [1.165, 1.54) is 25.7 Å². The minimum Gasteiger partial charge on any atom is -0.342 e. The van der Waals surface area contributed by atoms with Gasteiger partial charge in [-0.05, 0) is 25.7 Å². The number of amides is 1. The minimum atomic E-state index is -0.0969. The number of likely N-dealkylation sites (tertiary alicyclic amines) is 1. The topological polar surface area (TPSA) is 20.3 Å². The predicted molar refractivity (Wildman–Crippen MR) is 63.7 cm³/mol. The van der Waals surface area contributed by atoms with Crippen LogP contribution >= 0.6 is 0 Å². The third kappa shape index (κ3) is 2.96. The SMILES string of the molecule is CCCCC(C)(CC)C(=O)N1CCCC1. The molecule has 0 saturated carbocycles. The maximum Gasteiger partial charge on any atom is 0.228 e. The molecule has 0 radical (unpaired) electrons. The third-order valence-corrected chi connectivity index (χ3v) is 3.77. The van der Waals surface area contributed by atoms with Gasteiger partial charge in [0.1, 0.15) is 0 Å². The molecule has 1 heterocycles. The average Bonchev–Trinajstić information content (AvgIpc) is 2.78. The zero-order chi connectivity index (χ0) is 11.3. The highest BCUT2D eigenvalue weighted by molar-refractivity contribution is 5.82. The quantitative estimate of drug-likeness (QED) is 0.683. The van der Waals surface area contributed by atoms with Gasteiger partial charge >= 0.3 is 0 Å². The van der Waals surface area contributed by atoms with Crippen LogP contribution in [0.4, 0.5) is 0 Å². The van der Waals surface area contributed by atoms with Crippen LogP contribution in [-0.2, 0) is 4.79 Å². The first kappa shape index (κ1) is 12.5. The third-order valence-electron chi connectivity index (χ3n) is 3.77. The second kappa shape index (κ2) is 5.53. The van der Waals surface area contributed by atoms with Crippen LogP contribution < -0.4 is 0 Å². The highest BCUT2D eigenvalue weighted by Gasteiger charge is 2.35. The van der Waals surface area contributed by atoms with E-state index >= 15 is 0 Å². The van der Waals surface area contributed by atoms with Gasteiger partial charge in [0, 0.05) is 18.5 Å². The molecule has 0 aliphatic carbocycles. The number of rotatable bonds is 5. The predicted octanol–water partition coefficient (Wildman–Crippen LogP) is 3.22. The molecule has 1 saturated heterocycles. The highest BCUT2D eigenvalue weighted by Crippen LogP contribution is 2.31. The van der Waals surface area contributed by atoms with E-state index < -0.39 is 0 Å². The summed E-state index contributed by atoms with van der Waals surface area (Å²) < 4.78 is 0. The number of carbonyl (C=O) groups excluding carboxylic acids is 1. The van der Waals surface area contributed by atoms with Crippen LogP contribution in [0, 0.1) is 5.41 Å². The Kier molecular flexibility index (Phi) is 4.62. The van der Waals surface area contributed by atoms with E-state index in [1.807, 2.05) is 0 Å². The van der Waals surface area contributed by atoms with E-state index in [-0.39, 0.29) is 5.41 Å². The maximum absolute atomic E-state index is 12.3. The zero-order valence-corrected chi connectivity index (χ0v) is 10.5. The van der Waals surface area contributed by atoms with Crippen molar-refractivity contribution in [2.75, 3.05) is 13.1 Å². The van der Waals surface area contributed by atoms with Crippen LogP contribution in [0.5, 0.6) is 0 Å². The Bertz CT molecular complexity index is 209. The van der Waals surface area contributed by atoms with Crippen LogP contribution in [0.25, 0.3) is 0 Å². The van der Waals surface area contributed by atoms with E-state index in [0.717, 1.165) is 25.9 Å². The number of carbonyl (C=O) groups is 1. The van der Waals surface area contributed by atoms with E-state index in [4.69, 9.17) is 0 Å². The fourth-order valence-electron chi connectivity index (χ4n) is 2.30. The molecule has 0 aromatic heterocycles. The summed E-state index contributed by atoms with van der Waals surface area (Å²) in [5, 5.41) is 0. The maximum atomic E-state index is 12.3. The van der Waals surface area contributed by atoms with Gasteiger partial charge in [0.15, 0.2) is 0 Å².